The van der Waals surface area contributed by atoms with E-state index in [1.165, 1.54) is 5.57 Å². The van der Waals surface area contributed by atoms with Crippen LogP contribution in [0.5, 0.6) is 0 Å². The van der Waals surface area contributed by atoms with Gasteiger partial charge in [0.15, 0.2) is 0 Å². The monoisotopic (exact) mass is 452 g/mol. The maximum absolute atomic E-state index is 13.9. The molecule has 0 aliphatic heterocycles. The van der Waals surface area contributed by atoms with Gasteiger partial charge >= 0.3 is 7.60 Å². The molecule has 0 aromatic heterocycles. The van der Waals surface area contributed by atoms with Crippen LogP contribution < -0.4 is 0 Å². The molecule has 0 heterocycles. The molecule has 8 atom stereocenters. The van der Waals surface area contributed by atoms with Crippen LogP contribution in [-0.4, -0.2) is 35.9 Å². The van der Waals surface area contributed by atoms with Gasteiger partial charge in [-0.1, -0.05) is 25.5 Å². The lowest BCUT2D eigenvalue weighted by Crippen LogP contribution is -2.51. The lowest BCUT2D eigenvalue weighted by molar-refractivity contribution is -0.127. The first-order chi connectivity index (χ1) is 14.6. The molecule has 0 aromatic carbocycles. The third kappa shape index (κ3) is 3.63. The highest BCUT2D eigenvalue weighted by atomic mass is 31.2. The summed E-state index contributed by atoms with van der Waals surface area (Å²) in [6.07, 6.45) is 8.78. The summed E-state index contributed by atoms with van der Waals surface area (Å²) in [5, 5.41) is 10.2. The van der Waals surface area contributed by atoms with Gasteiger partial charge in [-0.15, -0.1) is 0 Å². The fraction of sp³-hybridized carbons (Fsp3) is 0.880. The summed E-state index contributed by atoms with van der Waals surface area (Å²) >= 11 is 0. The molecule has 176 valence electrons. The van der Waals surface area contributed by atoms with Crippen LogP contribution in [0.1, 0.15) is 79.6 Å². The Kier molecular flexibility index (Phi) is 6.40. The molecular formula is C25H41O5P. The maximum atomic E-state index is 13.9. The van der Waals surface area contributed by atoms with Gasteiger partial charge in [0, 0.05) is 5.92 Å². The fourth-order valence-corrected chi connectivity index (χ4v) is 10.9. The molecule has 3 fully saturated rings. The van der Waals surface area contributed by atoms with E-state index in [9.17, 15) is 14.5 Å². The number of Topliss-reactive ketones (excluding diaryl/α,β-unsaturated/α-hetero) is 1. The van der Waals surface area contributed by atoms with Crippen molar-refractivity contribution in [2.45, 2.75) is 91.3 Å². The van der Waals surface area contributed by atoms with Crippen LogP contribution in [0.2, 0.25) is 0 Å². The van der Waals surface area contributed by atoms with Gasteiger partial charge < -0.3 is 14.2 Å². The van der Waals surface area contributed by atoms with E-state index in [0.717, 1.165) is 44.9 Å². The Balaban J connectivity index is 1.71. The molecule has 0 spiro atoms. The molecule has 4 rings (SSSR count). The van der Waals surface area contributed by atoms with Crippen LogP contribution in [0.15, 0.2) is 11.6 Å². The number of fused-ring (bicyclic) bond motifs is 5. The number of carbonyl (C=O) groups excluding carboxylic acids is 1. The number of allylic oxidation sites excluding steroid dienone is 1. The van der Waals surface area contributed by atoms with Gasteiger partial charge in [-0.3, -0.25) is 9.36 Å². The van der Waals surface area contributed by atoms with E-state index >= 15 is 0 Å². The smallest absolute Gasteiger partial charge is 0.334 e. The molecule has 4 aliphatic rings. The Bertz CT molecular complexity index is 783. The Morgan fingerprint density at radius 3 is 2.45 bits per heavy atom. The van der Waals surface area contributed by atoms with Crippen LogP contribution in [0.4, 0.5) is 0 Å². The third-order valence-electron chi connectivity index (χ3n) is 9.57. The van der Waals surface area contributed by atoms with Crippen molar-refractivity contribution in [1.82, 2.24) is 0 Å². The Morgan fingerprint density at radius 1 is 1.16 bits per heavy atom. The Morgan fingerprint density at radius 2 is 1.84 bits per heavy atom. The van der Waals surface area contributed by atoms with E-state index in [0.29, 0.717) is 31.0 Å². The molecule has 0 bridgehead atoms. The number of rotatable bonds is 6. The minimum atomic E-state index is -3.36. The lowest BCUT2D eigenvalue weighted by Gasteiger charge is -2.57. The number of ketones is 1. The summed E-state index contributed by atoms with van der Waals surface area (Å²) in [6.45, 7) is 10.7. The first kappa shape index (κ1) is 23.7. The minimum Gasteiger partial charge on any atom is -0.393 e. The average Bonchev–Trinajstić information content (AvgIpc) is 3.03. The van der Waals surface area contributed by atoms with Crippen LogP contribution >= 0.6 is 7.60 Å². The second-order valence-electron chi connectivity index (χ2n) is 11.0. The van der Waals surface area contributed by atoms with E-state index in [1.807, 2.05) is 13.8 Å². The van der Waals surface area contributed by atoms with Gasteiger partial charge in [-0.05, 0) is 94.3 Å². The molecule has 0 amide bonds. The average molecular weight is 453 g/mol. The van der Waals surface area contributed by atoms with E-state index < -0.39 is 7.60 Å². The zero-order valence-corrected chi connectivity index (χ0v) is 20.8. The summed E-state index contributed by atoms with van der Waals surface area (Å²) in [4.78, 5) is 13.0. The Labute approximate surface area is 187 Å². The molecule has 0 radical (unpaired) electrons. The summed E-state index contributed by atoms with van der Waals surface area (Å²) in [5.41, 5.74) is 1.10. The first-order valence-electron chi connectivity index (χ1n) is 12.4. The van der Waals surface area contributed by atoms with Crippen molar-refractivity contribution in [1.29, 1.82) is 0 Å². The molecular weight excluding hydrogens is 411 g/mol. The number of hydrogen-bond donors (Lipinski definition) is 1. The summed E-state index contributed by atoms with van der Waals surface area (Å²) in [5.74, 6) is 1.27. The maximum Gasteiger partial charge on any atom is 0.334 e. The number of aliphatic hydroxyl groups excluding tert-OH is 1. The normalized spacial score (nSPS) is 44.8. The van der Waals surface area contributed by atoms with Gasteiger partial charge in [-0.25, -0.2) is 0 Å². The molecule has 0 saturated heterocycles. The topological polar surface area (TPSA) is 72.8 Å². The van der Waals surface area contributed by atoms with E-state index in [4.69, 9.17) is 9.05 Å². The van der Waals surface area contributed by atoms with Crippen molar-refractivity contribution in [3.05, 3.63) is 11.6 Å². The number of aliphatic hydroxyl groups is 1. The Hall–Kier alpha value is -0.480. The summed E-state index contributed by atoms with van der Waals surface area (Å²) < 4.78 is 25.4. The van der Waals surface area contributed by atoms with Gasteiger partial charge in [0.25, 0.3) is 0 Å². The van der Waals surface area contributed by atoms with E-state index in [-0.39, 0.29) is 34.3 Å². The molecule has 5 nitrogen and oxygen atoms in total. The zero-order chi connectivity index (χ0) is 22.6. The molecule has 1 N–H and O–H groups in total. The zero-order valence-electron chi connectivity index (χ0n) is 19.9. The van der Waals surface area contributed by atoms with Crippen LogP contribution in [0.25, 0.3) is 0 Å². The predicted octanol–water partition coefficient (Wildman–Crippen LogP) is 5.76. The molecule has 0 unspecified atom stereocenters. The van der Waals surface area contributed by atoms with Gasteiger partial charge in [0.2, 0.25) is 0 Å². The molecule has 3 saturated carbocycles. The quantitative estimate of drug-likeness (QED) is 0.410. The highest BCUT2D eigenvalue weighted by molar-refractivity contribution is 7.54. The van der Waals surface area contributed by atoms with Gasteiger partial charge in [0.05, 0.1) is 25.0 Å². The van der Waals surface area contributed by atoms with Crippen LogP contribution in [0.3, 0.4) is 0 Å². The molecule has 4 aliphatic carbocycles. The van der Waals surface area contributed by atoms with Crippen molar-refractivity contribution >= 4 is 13.4 Å². The van der Waals surface area contributed by atoms with Crippen molar-refractivity contribution in [2.75, 3.05) is 13.2 Å². The van der Waals surface area contributed by atoms with Crippen molar-refractivity contribution in [2.24, 2.45) is 34.5 Å². The van der Waals surface area contributed by atoms with Crippen molar-refractivity contribution < 1.29 is 23.5 Å². The molecule has 0 aromatic rings. The first-order valence-corrected chi connectivity index (χ1v) is 14.0. The second kappa shape index (κ2) is 8.38. The molecule has 31 heavy (non-hydrogen) atoms. The van der Waals surface area contributed by atoms with Crippen molar-refractivity contribution in [3.63, 3.8) is 0 Å². The van der Waals surface area contributed by atoms with Crippen LogP contribution in [-0.2, 0) is 18.4 Å². The van der Waals surface area contributed by atoms with E-state index in [1.54, 1.807) is 6.92 Å². The summed E-state index contributed by atoms with van der Waals surface area (Å²) in [7, 11) is -3.36. The summed E-state index contributed by atoms with van der Waals surface area (Å²) in [6, 6.07) is 0. The SMILES string of the molecule is CCOP(=O)(OCC)[C@@H]1C[C@H]2[C@@H]3CC=C4C[C@@H](O)CC[C@]4(C)[C@H]3CC[C@]2(C)[C@H]1C(C)=O. The van der Waals surface area contributed by atoms with Crippen LogP contribution in [0, 0.1) is 34.5 Å². The van der Waals surface area contributed by atoms with E-state index in [2.05, 4.69) is 19.9 Å². The third-order valence-corrected chi connectivity index (χ3v) is 12.1. The number of hydrogen-bond acceptors (Lipinski definition) is 5. The standard InChI is InChI=1S/C25H41O5P/c1-6-29-31(28,30-7-2)22-15-21-19-9-8-17-14-18(27)10-12-24(17,4)20(19)11-13-25(21,5)23(22)16(3)26/h8,18-23,27H,6-7,9-15H2,1-5H3/t18-,19+,20-,21-,22+,23-,24-,25-/m0/s1. The largest absolute Gasteiger partial charge is 0.393 e. The lowest BCUT2D eigenvalue weighted by atomic mass is 9.47. The number of carbonyl (C=O) groups is 1. The minimum absolute atomic E-state index is 0.132. The molecule has 6 heteroatoms. The van der Waals surface area contributed by atoms with Gasteiger partial charge in [-0.2, -0.15) is 0 Å². The second-order valence-corrected chi connectivity index (χ2v) is 13.2. The van der Waals surface area contributed by atoms with Crippen molar-refractivity contribution in [3.8, 4) is 0 Å². The fourth-order valence-electron chi connectivity index (χ4n) is 8.29. The predicted molar refractivity (Wildman–Crippen MR) is 122 cm³/mol. The highest BCUT2D eigenvalue weighted by Gasteiger charge is 2.65. The highest BCUT2D eigenvalue weighted by Crippen LogP contribution is 2.72. The van der Waals surface area contributed by atoms with Gasteiger partial charge in [0.1, 0.15) is 5.78 Å².